The molecule has 1 aliphatic heterocycles. The molecular formula is C22H38IN3O3. The highest BCUT2D eigenvalue weighted by atomic mass is 127. The summed E-state index contributed by atoms with van der Waals surface area (Å²) in [6.07, 6.45) is 1.17. The van der Waals surface area contributed by atoms with E-state index in [4.69, 9.17) is 14.2 Å². The first-order valence-corrected chi connectivity index (χ1v) is 10.1. The summed E-state index contributed by atoms with van der Waals surface area (Å²) in [5.41, 5.74) is 2.37. The maximum atomic E-state index is 6.13. The Labute approximate surface area is 193 Å². The van der Waals surface area contributed by atoms with Crippen molar-refractivity contribution in [2.24, 2.45) is 16.3 Å². The van der Waals surface area contributed by atoms with Crippen LogP contribution in [0.5, 0.6) is 5.75 Å². The highest BCUT2D eigenvalue weighted by Crippen LogP contribution is 2.23. The number of guanidine groups is 1. The molecule has 166 valence electrons. The summed E-state index contributed by atoms with van der Waals surface area (Å²) < 4.78 is 17.2. The largest absolute Gasteiger partial charge is 0.493 e. The van der Waals surface area contributed by atoms with E-state index in [0.717, 1.165) is 36.9 Å². The van der Waals surface area contributed by atoms with Gasteiger partial charge in [0.2, 0.25) is 0 Å². The number of rotatable bonds is 8. The van der Waals surface area contributed by atoms with Gasteiger partial charge in [-0.3, -0.25) is 4.99 Å². The van der Waals surface area contributed by atoms with Crippen LogP contribution < -0.4 is 15.4 Å². The molecule has 1 fully saturated rings. The minimum Gasteiger partial charge on any atom is -0.493 e. The number of nitrogens with one attached hydrogen (secondary N) is 2. The van der Waals surface area contributed by atoms with Gasteiger partial charge in [0.15, 0.2) is 5.96 Å². The molecule has 29 heavy (non-hydrogen) atoms. The van der Waals surface area contributed by atoms with Crippen LogP contribution in [0, 0.1) is 18.3 Å². The number of nitrogens with zero attached hydrogens (tertiary/aromatic N) is 1. The van der Waals surface area contributed by atoms with Gasteiger partial charge >= 0.3 is 0 Å². The summed E-state index contributed by atoms with van der Waals surface area (Å²) >= 11 is 0. The number of ether oxygens (including phenoxy) is 3. The Morgan fingerprint density at radius 1 is 1.31 bits per heavy atom. The molecule has 1 saturated heterocycles. The molecule has 1 aliphatic rings. The number of methoxy groups -OCH3 is 1. The highest BCUT2D eigenvalue weighted by molar-refractivity contribution is 14.0. The lowest BCUT2D eigenvalue weighted by Crippen LogP contribution is -2.45. The number of benzene rings is 1. The summed E-state index contributed by atoms with van der Waals surface area (Å²) in [6, 6.07) is 6.33. The molecule has 2 unspecified atom stereocenters. The number of hydrogen-bond acceptors (Lipinski definition) is 4. The van der Waals surface area contributed by atoms with Crippen LogP contribution in [0.1, 0.15) is 38.3 Å². The van der Waals surface area contributed by atoms with E-state index in [1.165, 1.54) is 5.56 Å². The first-order valence-electron chi connectivity index (χ1n) is 10.1. The van der Waals surface area contributed by atoms with Gasteiger partial charge in [-0.05, 0) is 30.4 Å². The van der Waals surface area contributed by atoms with Crippen LogP contribution in [0.25, 0.3) is 0 Å². The van der Waals surface area contributed by atoms with Crippen LogP contribution in [-0.4, -0.2) is 52.6 Å². The van der Waals surface area contributed by atoms with Crippen molar-refractivity contribution in [3.8, 4) is 5.75 Å². The summed E-state index contributed by atoms with van der Waals surface area (Å²) in [5, 5.41) is 6.74. The maximum absolute atomic E-state index is 6.13. The Balaban J connectivity index is 0.00000420. The van der Waals surface area contributed by atoms with Crippen molar-refractivity contribution in [1.82, 2.24) is 10.6 Å². The molecule has 0 saturated carbocycles. The van der Waals surface area contributed by atoms with Crippen molar-refractivity contribution in [3.05, 3.63) is 29.3 Å². The SMILES string of the molecule is CN=C(NCc1ccc(C)cc1OCC1CCOC1)NCC(OC)C(C)(C)C.I. The molecule has 0 amide bonds. The van der Waals surface area contributed by atoms with Crippen molar-refractivity contribution in [2.75, 3.05) is 40.5 Å². The lowest BCUT2D eigenvalue weighted by molar-refractivity contribution is 0.0205. The topological polar surface area (TPSA) is 64.1 Å². The molecule has 1 aromatic carbocycles. The fourth-order valence-corrected chi connectivity index (χ4v) is 3.20. The molecule has 6 nitrogen and oxygen atoms in total. The number of halogens is 1. The Morgan fingerprint density at radius 2 is 2.07 bits per heavy atom. The fraction of sp³-hybridized carbons (Fsp3) is 0.682. The summed E-state index contributed by atoms with van der Waals surface area (Å²) in [7, 11) is 3.53. The van der Waals surface area contributed by atoms with Crippen molar-refractivity contribution < 1.29 is 14.2 Å². The number of aryl methyl sites for hydroxylation is 1. The highest BCUT2D eigenvalue weighted by Gasteiger charge is 2.24. The molecule has 2 atom stereocenters. The van der Waals surface area contributed by atoms with Gasteiger partial charge in [-0.15, -0.1) is 24.0 Å². The molecule has 0 radical (unpaired) electrons. The van der Waals surface area contributed by atoms with E-state index >= 15 is 0 Å². The van der Waals surface area contributed by atoms with E-state index in [9.17, 15) is 0 Å². The lowest BCUT2D eigenvalue weighted by Gasteiger charge is -2.30. The average molecular weight is 519 g/mol. The first-order chi connectivity index (χ1) is 13.3. The zero-order valence-electron chi connectivity index (χ0n) is 18.7. The fourth-order valence-electron chi connectivity index (χ4n) is 3.20. The molecule has 2 N–H and O–H groups in total. The predicted molar refractivity (Wildman–Crippen MR) is 129 cm³/mol. The van der Waals surface area contributed by atoms with E-state index in [1.54, 1.807) is 14.2 Å². The maximum Gasteiger partial charge on any atom is 0.191 e. The zero-order valence-corrected chi connectivity index (χ0v) is 21.0. The van der Waals surface area contributed by atoms with Gasteiger partial charge in [0.25, 0.3) is 0 Å². The Hall–Kier alpha value is -1.06. The predicted octanol–water partition coefficient (Wildman–Crippen LogP) is 3.75. The summed E-state index contributed by atoms with van der Waals surface area (Å²) in [4.78, 5) is 4.33. The third kappa shape index (κ3) is 8.68. The van der Waals surface area contributed by atoms with Gasteiger partial charge in [-0.25, -0.2) is 0 Å². The summed E-state index contributed by atoms with van der Waals surface area (Å²) in [6.45, 7) is 12.3. The third-order valence-electron chi connectivity index (χ3n) is 5.10. The van der Waals surface area contributed by atoms with Crippen LogP contribution in [0.3, 0.4) is 0 Å². The molecule has 2 rings (SSSR count). The normalized spacial score (nSPS) is 18.1. The van der Waals surface area contributed by atoms with Crippen molar-refractivity contribution in [3.63, 3.8) is 0 Å². The second-order valence-corrected chi connectivity index (χ2v) is 8.55. The molecule has 1 aromatic rings. The van der Waals surface area contributed by atoms with Gasteiger partial charge in [0.1, 0.15) is 5.75 Å². The summed E-state index contributed by atoms with van der Waals surface area (Å²) in [5.74, 6) is 2.17. The van der Waals surface area contributed by atoms with Crippen molar-refractivity contribution in [2.45, 2.75) is 46.8 Å². The Kier molecular flexibility index (Phi) is 11.3. The van der Waals surface area contributed by atoms with E-state index in [0.29, 0.717) is 25.6 Å². The van der Waals surface area contributed by atoms with Gasteiger partial charge in [0, 0.05) is 45.3 Å². The van der Waals surface area contributed by atoms with Crippen LogP contribution in [0.4, 0.5) is 0 Å². The molecule has 0 bridgehead atoms. The van der Waals surface area contributed by atoms with Crippen LogP contribution >= 0.6 is 24.0 Å². The standard InChI is InChI=1S/C22H37N3O3.HI/c1-16-7-8-18(19(11-16)28-15-17-9-10-27-14-17)12-24-21(23-5)25-13-20(26-6)22(2,3)4;/h7-8,11,17,20H,9-10,12-15H2,1-6H3,(H2,23,24,25);1H. The van der Waals surface area contributed by atoms with Crippen LogP contribution in [0.15, 0.2) is 23.2 Å². The third-order valence-corrected chi connectivity index (χ3v) is 5.10. The molecule has 7 heteroatoms. The van der Waals surface area contributed by atoms with E-state index in [2.05, 4.69) is 61.5 Å². The van der Waals surface area contributed by atoms with Gasteiger partial charge < -0.3 is 24.8 Å². The Morgan fingerprint density at radius 3 is 2.66 bits per heavy atom. The molecule has 1 heterocycles. The molecule has 0 aliphatic carbocycles. The van der Waals surface area contributed by atoms with Crippen LogP contribution in [0.2, 0.25) is 0 Å². The zero-order chi connectivity index (χ0) is 20.6. The van der Waals surface area contributed by atoms with Crippen molar-refractivity contribution >= 4 is 29.9 Å². The smallest absolute Gasteiger partial charge is 0.191 e. The Bertz CT molecular complexity index is 641. The minimum atomic E-state index is 0. The second kappa shape index (κ2) is 12.6. The quantitative estimate of drug-likeness (QED) is 0.311. The number of hydrogen-bond donors (Lipinski definition) is 2. The van der Waals surface area contributed by atoms with Crippen molar-refractivity contribution in [1.29, 1.82) is 0 Å². The minimum absolute atomic E-state index is 0. The van der Waals surface area contributed by atoms with Gasteiger partial charge in [-0.2, -0.15) is 0 Å². The lowest BCUT2D eigenvalue weighted by atomic mass is 9.89. The van der Waals surface area contributed by atoms with E-state index in [1.807, 2.05) is 0 Å². The van der Waals surface area contributed by atoms with Gasteiger partial charge in [-0.1, -0.05) is 32.9 Å². The molecule has 0 aromatic heterocycles. The van der Waals surface area contributed by atoms with E-state index in [-0.39, 0.29) is 35.5 Å². The number of aliphatic imine (C=N–C) groups is 1. The van der Waals surface area contributed by atoms with E-state index < -0.39 is 0 Å². The molecular weight excluding hydrogens is 481 g/mol. The van der Waals surface area contributed by atoms with Gasteiger partial charge in [0.05, 0.1) is 19.3 Å². The molecule has 0 spiro atoms. The van der Waals surface area contributed by atoms with Crippen LogP contribution in [-0.2, 0) is 16.0 Å². The average Bonchev–Trinajstić information content (AvgIpc) is 3.16. The monoisotopic (exact) mass is 519 g/mol. The second-order valence-electron chi connectivity index (χ2n) is 8.55. The first kappa shape index (κ1) is 26.0.